The first-order valence-corrected chi connectivity index (χ1v) is 6.41. The van der Waals surface area contributed by atoms with E-state index in [9.17, 15) is 9.18 Å². The minimum atomic E-state index is -0.439. The second kappa shape index (κ2) is 6.15. The van der Waals surface area contributed by atoms with Crippen molar-refractivity contribution in [1.82, 2.24) is 10.2 Å². The van der Waals surface area contributed by atoms with Crippen LogP contribution < -0.4 is 5.32 Å². The van der Waals surface area contributed by atoms with Crippen molar-refractivity contribution in [2.45, 2.75) is 20.8 Å². The number of aryl methyl sites for hydroxylation is 1. The number of hydrogen-bond donors (Lipinski definition) is 1. The molecule has 1 amide bonds. The summed E-state index contributed by atoms with van der Waals surface area (Å²) in [5, 5.41) is 2.81. The lowest BCUT2D eigenvalue weighted by molar-refractivity contribution is 0.0925. The van der Waals surface area contributed by atoms with Crippen LogP contribution in [0.3, 0.4) is 0 Å². The predicted molar refractivity (Wildman–Crippen MR) is 75.8 cm³/mol. The second-order valence-electron chi connectivity index (χ2n) is 6.02. The number of rotatable bonds is 5. The van der Waals surface area contributed by atoms with Gasteiger partial charge in [0.05, 0.1) is 5.56 Å². The van der Waals surface area contributed by atoms with Crippen LogP contribution in [-0.4, -0.2) is 38.0 Å². The van der Waals surface area contributed by atoms with Gasteiger partial charge < -0.3 is 10.2 Å². The van der Waals surface area contributed by atoms with E-state index in [2.05, 4.69) is 24.1 Å². The molecule has 0 fully saturated rings. The van der Waals surface area contributed by atoms with Gasteiger partial charge in [-0.05, 0) is 38.1 Å². The molecule has 1 N–H and O–H groups in total. The molecule has 19 heavy (non-hydrogen) atoms. The molecule has 0 radical (unpaired) electrons. The maximum absolute atomic E-state index is 13.8. The van der Waals surface area contributed by atoms with Crippen LogP contribution >= 0.6 is 0 Å². The third-order valence-corrected chi connectivity index (χ3v) is 2.91. The fraction of sp³-hybridized carbons (Fsp3) is 0.533. The van der Waals surface area contributed by atoms with Crippen LogP contribution in [0.1, 0.15) is 29.8 Å². The summed E-state index contributed by atoms with van der Waals surface area (Å²) in [7, 11) is 3.98. The first-order chi connectivity index (χ1) is 8.73. The summed E-state index contributed by atoms with van der Waals surface area (Å²) in [4.78, 5) is 14.1. The van der Waals surface area contributed by atoms with Gasteiger partial charge in [-0.3, -0.25) is 4.79 Å². The number of halogens is 1. The summed E-state index contributed by atoms with van der Waals surface area (Å²) >= 11 is 0. The summed E-state index contributed by atoms with van der Waals surface area (Å²) in [5.74, 6) is -0.793. The Morgan fingerprint density at radius 2 is 2.00 bits per heavy atom. The maximum Gasteiger partial charge on any atom is 0.254 e. The number of carbonyl (C=O) groups is 1. The Labute approximate surface area is 114 Å². The maximum atomic E-state index is 13.8. The zero-order chi connectivity index (χ0) is 14.6. The molecular formula is C15H23FN2O. The summed E-state index contributed by atoms with van der Waals surface area (Å²) in [6, 6.07) is 4.86. The Hall–Kier alpha value is -1.42. The van der Waals surface area contributed by atoms with E-state index in [0.29, 0.717) is 12.1 Å². The third-order valence-electron chi connectivity index (χ3n) is 2.91. The topological polar surface area (TPSA) is 32.3 Å². The van der Waals surface area contributed by atoms with Crippen molar-refractivity contribution in [3.63, 3.8) is 0 Å². The van der Waals surface area contributed by atoms with Crippen molar-refractivity contribution in [2.24, 2.45) is 5.41 Å². The monoisotopic (exact) mass is 266 g/mol. The fourth-order valence-corrected chi connectivity index (χ4v) is 2.15. The highest BCUT2D eigenvalue weighted by atomic mass is 19.1. The first-order valence-electron chi connectivity index (χ1n) is 6.41. The number of nitrogens with zero attached hydrogens (tertiary/aromatic N) is 1. The Morgan fingerprint density at radius 1 is 1.37 bits per heavy atom. The molecule has 0 aliphatic carbocycles. The van der Waals surface area contributed by atoms with Gasteiger partial charge in [-0.15, -0.1) is 0 Å². The smallest absolute Gasteiger partial charge is 0.254 e. The van der Waals surface area contributed by atoms with Crippen LogP contribution in [-0.2, 0) is 0 Å². The minimum absolute atomic E-state index is 0.0561. The van der Waals surface area contributed by atoms with Gasteiger partial charge in [0.15, 0.2) is 0 Å². The average molecular weight is 266 g/mol. The number of nitrogens with one attached hydrogen (secondary N) is 1. The van der Waals surface area contributed by atoms with Gasteiger partial charge in [0.2, 0.25) is 0 Å². The molecule has 4 heteroatoms. The quantitative estimate of drug-likeness (QED) is 0.888. The van der Waals surface area contributed by atoms with E-state index in [0.717, 1.165) is 6.54 Å². The van der Waals surface area contributed by atoms with Crippen LogP contribution in [0, 0.1) is 18.2 Å². The Balaban J connectivity index is 2.68. The number of amides is 1. The molecule has 0 aromatic heterocycles. The first kappa shape index (κ1) is 15.6. The van der Waals surface area contributed by atoms with Crippen molar-refractivity contribution < 1.29 is 9.18 Å². The Bertz CT molecular complexity index is 455. The Morgan fingerprint density at radius 3 is 2.58 bits per heavy atom. The number of benzene rings is 1. The van der Waals surface area contributed by atoms with Gasteiger partial charge in [0.25, 0.3) is 5.91 Å². The molecule has 0 aliphatic rings. The van der Waals surface area contributed by atoms with Gasteiger partial charge in [-0.2, -0.15) is 0 Å². The summed E-state index contributed by atoms with van der Waals surface area (Å²) in [5.41, 5.74) is 0.542. The van der Waals surface area contributed by atoms with Gasteiger partial charge in [0.1, 0.15) is 5.82 Å². The van der Waals surface area contributed by atoms with Gasteiger partial charge in [0, 0.05) is 13.1 Å². The summed E-state index contributed by atoms with van der Waals surface area (Å²) in [6.45, 7) is 7.16. The van der Waals surface area contributed by atoms with Crippen LogP contribution in [0.4, 0.5) is 4.39 Å². The van der Waals surface area contributed by atoms with E-state index in [4.69, 9.17) is 0 Å². The molecule has 0 saturated heterocycles. The number of carbonyl (C=O) groups excluding carboxylic acids is 1. The van der Waals surface area contributed by atoms with E-state index < -0.39 is 5.82 Å². The van der Waals surface area contributed by atoms with E-state index in [-0.39, 0.29) is 16.9 Å². The second-order valence-corrected chi connectivity index (χ2v) is 6.02. The van der Waals surface area contributed by atoms with Crippen molar-refractivity contribution in [3.05, 3.63) is 35.1 Å². The molecule has 0 bridgehead atoms. The molecule has 1 aromatic carbocycles. The zero-order valence-corrected chi connectivity index (χ0v) is 12.4. The van der Waals surface area contributed by atoms with E-state index in [1.54, 1.807) is 19.1 Å². The lowest BCUT2D eigenvalue weighted by Crippen LogP contribution is -2.40. The highest BCUT2D eigenvalue weighted by molar-refractivity contribution is 5.94. The SMILES string of the molecule is Cc1cccc(C(=O)NCC(C)(C)CN(C)C)c1F. The summed E-state index contributed by atoms with van der Waals surface area (Å²) in [6.07, 6.45) is 0. The standard InChI is InChI=1S/C15H23FN2O/c1-11-7-6-8-12(13(11)16)14(19)17-9-15(2,3)10-18(4)5/h6-8H,9-10H2,1-5H3,(H,17,19). The molecule has 1 aromatic rings. The van der Waals surface area contributed by atoms with Gasteiger partial charge in [-0.1, -0.05) is 26.0 Å². The highest BCUT2D eigenvalue weighted by Crippen LogP contribution is 2.16. The largest absolute Gasteiger partial charge is 0.351 e. The third kappa shape index (κ3) is 4.63. The Kier molecular flexibility index (Phi) is 5.06. The molecule has 0 saturated carbocycles. The predicted octanol–water partition coefficient (Wildman–Crippen LogP) is 2.45. The lowest BCUT2D eigenvalue weighted by Gasteiger charge is -2.28. The highest BCUT2D eigenvalue weighted by Gasteiger charge is 2.21. The van der Waals surface area contributed by atoms with Gasteiger partial charge >= 0.3 is 0 Å². The molecule has 0 heterocycles. The summed E-state index contributed by atoms with van der Waals surface area (Å²) < 4.78 is 13.8. The van der Waals surface area contributed by atoms with Crippen LogP contribution in [0.15, 0.2) is 18.2 Å². The molecule has 0 aliphatic heterocycles. The molecular weight excluding hydrogens is 243 g/mol. The van der Waals surface area contributed by atoms with E-state index in [1.165, 1.54) is 6.07 Å². The lowest BCUT2D eigenvalue weighted by atomic mass is 9.93. The van der Waals surface area contributed by atoms with Crippen molar-refractivity contribution in [1.29, 1.82) is 0 Å². The van der Waals surface area contributed by atoms with Crippen molar-refractivity contribution >= 4 is 5.91 Å². The fourth-order valence-electron chi connectivity index (χ4n) is 2.15. The van der Waals surface area contributed by atoms with Crippen molar-refractivity contribution in [3.8, 4) is 0 Å². The molecule has 0 spiro atoms. The normalized spacial score (nSPS) is 11.7. The minimum Gasteiger partial charge on any atom is -0.351 e. The zero-order valence-electron chi connectivity index (χ0n) is 12.4. The number of hydrogen-bond acceptors (Lipinski definition) is 2. The van der Waals surface area contributed by atoms with E-state index >= 15 is 0 Å². The van der Waals surface area contributed by atoms with Crippen LogP contribution in [0.2, 0.25) is 0 Å². The van der Waals surface area contributed by atoms with Crippen LogP contribution in [0.25, 0.3) is 0 Å². The van der Waals surface area contributed by atoms with Gasteiger partial charge in [-0.25, -0.2) is 4.39 Å². The molecule has 106 valence electrons. The van der Waals surface area contributed by atoms with Crippen molar-refractivity contribution in [2.75, 3.05) is 27.2 Å². The molecule has 1 rings (SSSR count). The average Bonchev–Trinajstić information content (AvgIpc) is 2.28. The van der Waals surface area contributed by atoms with Crippen LogP contribution in [0.5, 0.6) is 0 Å². The molecule has 0 atom stereocenters. The molecule has 3 nitrogen and oxygen atoms in total. The van der Waals surface area contributed by atoms with E-state index in [1.807, 2.05) is 14.1 Å². The molecule has 0 unspecified atom stereocenters.